The third kappa shape index (κ3) is 4.49. The first-order valence-corrected chi connectivity index (χ1v) is 6.26. The summed E-state index contributed by atoms with van der Waals surface area (Å²) < 4.78 is 0. The molecule has 16 heavy (non-hydrogen) atoms. The van der Waals surface area contributed by atoms with Gasteiger partial charge in [0.05, 0.1) is 0 Å². The van der Waals surface area contributed by atoms with Gasteiger partial charge in [-0.2, -0.15) is 0 Å². The number of carbonyl (C=O) groups is 1. The van der Waals surface area contributed by atoms with Gasteiger partial charge in [-0.3, -0.25) is 4.79 Å². The number of hydrogen-bond donors (Lipinski definition) is 1. The van der Waals surface area contributed by atoms with Gasteiger partial charge in [0.1, 0.15) is 0 Å². The lowest BCUT2D eigenvalue weighted by Gasteiger charge is -2.32. The quantitative estimate of drug-likeness (QED) is 0.745. The zero-order valence-electron chi connectivity index (χ0n) is 10.6. The minimum absolute atomic E-state index is 0.235. The van der Waals surface area contributed by atoms with Crippen LogP contribution < -0.4 is 5.73 Å². The molecule has 1 aliphatic heterocycles. The molecule has 1 saturated heterocycles. The molecule has 0 saturated carbocycles. The highest BCUT2D eigenvalue weighted by molar-refractivity contribution is 5.75. The van der Waals surface area contributed by atoms with Crippen LogP contribution in [0.15, 0.2) is 0 Å². The Morgan fingerprint density at radius 1 is 1.56 bits per heavy atom. The van der Waals surface area contributed by atoms with E-state index in [1.807, 2.05) is 11.9 Å². The Hall–Kier alpha value is -0.610. The monoisotopic (exact) mass is 227 g/mol. The Morgan fingerprint density at radius 2 is 2.31 bits per heavy atom. The molecule has 4 nitrogen and oxygen atoms in total. The van der Waals surface area contributed by atoms with Crippen LogP contribution >= 0.6 is 0 Å². The van der Waals surface area contributed by atoms with E-state index in [-0.39, 0.29) is 5.91 Å². The summed E-state index contributed by atoms with van der Waals surface area (Å²) >= 11 is 0. The van der Waals surface area contributed by atoms with E-state index in [0.717, 1.165) is 19.5 Å². The highest BCUT2D eigenvalue weighted by atomic mass is 16.2. The molecule has 0 spiro atoms. The summed E-state index contributed by atoms with van der Waals surface area (Å²) in [7, 11) is 4.07. The molecular formula is C12H25N3O. The topological polar surface area (TPSA) is 49.6 Å². The second-order valence-electron chi connectivity index (χ2n) is 4.94. The first-order chi connectivity index (χ1) is 7.63. The van der Waals surface area contributed by atoms with Crippen LogP contribution in [0, 0.1) is 5.92 Å². The third-order valence-corrected chi connectivity index (χ3v) is 3.27. The summed E-state index contributed by atoms with van der Waals surface area (Å²) in [5, 5.41) is 0. The zero-order valence-corrected chi connectivity index (χ0v) is 10.6. The van der Waals surface area contributed by atoms with E-state index < -0.39 is 0 Å². The second-order valence-corrected chi connectivity index (χ2v) is 4.94. The maximum Gasteiger partial charge on any atom is 0.222 e. The Bertz CT molecular complexity index is 220. The number of likely N-dealkylation sites (tertiary alicyclic amines) is 1. The van der Waals surface area contributed by atoms with Crippen molar-refractivity contribution in [1.29, 1.82) is 0 Å². The number of rotatable bonds is 5. The Labute approximate surface area is 98.8 Å². The van der Waals surface area contributed by atoms with Crippen molar-refractivity contribution in [1.82, 2.24) is 9.80 Å². The summed E-state index contributed by atoms with van der Waals surface area (Å²) in [6.07, 6.45) is 3.90. The van der Waals surface area contributed by atoms with Crippen LogP contribution in [0.1, 0.15) is 25.7 Å². The molecule has 1 heterocycles. The molecule has 0 aromatic heterocycles. The molecule has 4 heteroatoms. The lowest BCUT2D eigenvalue weighted by Crippen LogP contribution is -2.40. The predicted molar refractivity (Wildman–Crippen MR) is 66.1 cm³/mol. The number of piperidine rings is 1. The van der Waals surface area contributed by atoms with Gasteiger partial charge in [-0.25, -0.2) is 0 Å². The number of nitrogens with zero attached hydrogens (tertiary/aromatic N) is 2. The van der Waals surface area contributed by atoms with E-state index in [9.17, 15) is 4.79 Å². The van der Waals surface area contributed by atoms with Gasteiger partial charge in [0.2, 0.25) is 5.91 Å². The van der Waals surface area contributed by atoms with Crippen molar-refractivity contribution in [2.75, 3.05) is 40.3 Å². The van der Waals surface area contributed by atoms with Crippen molar-refractivity contribution in [3.63, 3.8) is 0 Å². The minimum Gasteiger partial charge on any atom is -0.345 e. The number of amides is 1. The van der Waals surface area contributed by atoms with Crippen molar-refractivity contribution in [2.45, 2.75) is 25.7 Å². The van der Waals surface area contributed by atoms with Gasteiger partial charge in [0.15, 0.2) is 0 Å². The molecule has 0 aromatic rings. The summed E-state index contributed by atoms with van der Waals surface area (Å²) in [6, 6.07) is 0. The molecule has 0 aromatic carbocycles. The molecule has 1 fully saturated rings. The van der Waals surface area contributed by atoms with E-state index in [1.54, 1.807) is 0 Å². The third-order valence-electron chi connectivity index (χ3n) is 3.27. The van der Waals surface area contributed by atoms with Gasteiger partial charge < -0.3 is 15.5 Å². The maximum atomic E-state index is 11.7. The van der Waals surface area contributed by atoms with Crippen LogP contribution in [0.5, 0.6) is 0 Å². The van der Waals surface area contributed by atoms with E-state index in [2.05, 4.69) is 11.9 Å². The molecule has 2 N–H and O–H groups in total. The number of carbonyl (C=O) groups excluding carboxylic acids is 1. The molecule has 94 valence electrons. The summed E-state index contributed by atoms with van der Waals surface area (Å²) in [5.41, 5.74) is 5.40. The molecule has 0 bridgehead atoms. The van der Waals surface area contributed by atoms with E-state index in [0.29, 0.717) is 18.9 Å². The van der Waals surface area contributed by atoms with E-state index in [1.165, 1.54) is 19.4 Å². The van der Waals surface area contributed by atoms with Crippen LogP contribution in [-0.4, -0.2) is 56.0 Å². The van der Waals surface area contributed by atoms with Crippen LogP contribution in [0.2, 0.25) is 0 Å². The molecular weight excluding hydrogens is 202 g/mol. The summed E-state index contributed by atoms with van der Waals surface area (Å²) in [6.45, 7) is 3.81. The SMILES string of the molecule is CN1CCCC(CN(C)C(=O)CCCN)C1. The fourth-order valence-electron chi connectivity index (χ4n) is 2.36. The van der Waals surface area contributed by atoms with Gasteiger partial charge >= 0.3 is 0 Å². The maximum absolute atomic E-state index is 11.7. The Morgan fingerprint density at radius 3 is 2.94 bits per heavy atom. The van der Waals surface area contributed by atoms with Gasteiger partial charge in [-0.05, 0) is 45.3 Å². The molecule has 1 unspecified atom stereocenters. The van der Waals surface area contributed by atoms with Crippen LogP contribution in [0.3, 0.4) is 0 Å². The summed E-state index contributed by atoms with van der Waals surface area (Å²) in [4.78, 5) is 15.9. The average molecular weight is 227 g/mol. The molecule has 1 aliphatic rings. The van der Waals surface area contributed by atoms with Crippen LogP contribution in [-0.2, 0) is 4.79 Å². The smallest absolute Gasteiger partial charge is 0.222 e. The van der Waals surface area contributed by atoms with Crippen molar-refractivity contribution < 1.29 is 4.79 Å². The first-order valence-electron chi connectivity index (χ1n) is 6.26. The second kappa shape index (κ2) is 6.86. The van der Waals surface area contributed by atoms with E-state index >= 15 is 0 Å². The Balaban J connectivity index is 2.26. The fraction of sp³-hybridized carbons (Fsp3) is 0.917. The van der Waals surface area contributed by atoms with Gasteiger partial charge in [0.25, 0.3) is 0 Å². The predicted octanol–water partition coefficient (Wildman–Crippen LogP) is 0.526. The zero-order chi connectivity index (χ0) is 12.0. The molecule has 1 rings (SSSR count). The highest BCUT2D eigenvalue weighted by Crippen LogP contribution is 2.16. The summed E-state index contributed by atoms with van der Waals surface area (Å²) in [5.74, 6) is 0.879. The van der Waals surface area contributed by atoms with Crippen LogP contribution in [0.25, 0.3) is 0 Å². The van der Waals surface area contributed by atoms with Gasteiger partial charge in [-0.15, -0.1) is 0 Å². The van der Waals surface area contributed by atoms with Crippen molar-refractivity contribution >= 4 is 5.91 Å². The molecule has 0 radical (unpaired) electrons. The molecule has 0 aliphatic carbocycles. The van der Waals surface area contributed by atoms with E-state index in [4.69, 9.17) is 5.73 Å². The molecule has 1 atom stereocenters. The van der Waals surface area contributed by atoms with Crippen molar-refractivity contribution in [3.8, 4) is 0 Å². The van der Waals surface area contributed by atoms with Gasteiger partial charge in [0, 0.05) is 26.6 Å². The van der Waals surface area contributed by atoms with Crippen LogP contribution in [0.4, 0.5) is 0 Å². The Kier molecular flexibility index (Phi) is 5.77. The first kappa shape index (κ1) is 13.5. The molecule has 1 amide bonds. The fourth-order valence-corrected chi connectivity index (χ4v) is 2.36. The van der Waals surface area contributed by atoms with Crippen molar-refractivity contribution in [3.05, 3.63) is 0 Å². The number of hydrogen-bond acceptors (Lipinski definition) is 3. The lowest BCUT2D eigenvalue weighted by molar-refractivity contribution is -0.130. The normalized spacial score (nSPS) is 22.1. The lowest BCUT2D eigenvalue weighted by atomic mass is 9.98. The van der Waals surface area contributed by atoms with Gasteiger partial charge in [-0.1, -0.05) is 0 Å². The highest BCUT2D eigenvalue weighted by Gasteiger charge is 2.20. The number of nitrogens with two attached hydrogens (primary N) is 1. The average Bonchev–Trinajstić information content (AvgIpc) is 2.25. The van der Waals surface area contributed by atoms with Crippen molar-refractivity contribution in [2.24, 2.45) is 11.7 Å². The minimum atomic E-state index is 0.235. The standard InChI is InChI=1S/C12H25N3O/c1-14-8-4-5-11(9-14)10-15(2)12(16)6-3-7-13/h11H,3-10,13H2,1-2H3. The largest absolute Gasteiger partial charge is 0.345 e.